The molecule has 0 fully saturated rings. The topological polar surface area (TPSA) is 89.7 Å². The molecule has 0 amide bonds. The first kappa shape index (κ1) is 10.2. The largest absolute Gasteiger partial charge is 0.497 e. The molecule has 3 rings (SSSR count). The average Bonchev–Trinajstić information content (AvgIpc) is 2.98. The molecule has 0 radical (unpaired) electrons. The molecular formula is C11H13N5O. The second kappa shape index (κ2) is 3.53. The van der Waals surface area contributed by atoms with Crippen molar-refractivity contribution in [3.8, 4) is 5.75 Å². The quantitative estimate of drug-likeness (QED) is 0.778. The second-order valence-electron chi connectivity index (χ2n) is 4.23. The Hall–Kier alpha value is -1.95. The Morgan fingerprint density at radius 1 is 1.47 bits per heavy atom. The van der Waals surface area contributed by atoms with Crippen LogP contribution in [0.1, 0.15) is 23.4 Å². The number of aryl methyl sites for hydroxylation is 1. The van der Waals surface area contributed by atoms with Crippen molar-refractivity contribution in [2.45, 2.75) is 18.4 Å². The lowest BCUT2D eigenvalue weighted by atomic mass is 9.92. The second-order valence-corrected chi connectivity index (χ2v) is 4.23. The number of fused-ring (bicyclic) bond motifs is 1. The van der Waals surface area contributed by atoms with Gasteiger partial charge in [-0.2, -0.15) is 5.21 Å². The molecule has 1 heterocycles. The fourth-order valence-electron chi connectivity index (χ4n) is 2.37. The third kappa shape index (κ3) is 1.41. The minimum absolute atomic E-state index is 0.532. The van der Waals surface area contributed by atoms with Crippen molar-refractivity contribution in [1.29, 1.82) is 0 Å². The number of hydrogen-bond donors (Lipinski definition) is 2. The monoisotopic (exact) mass is 231 g/mol. The Morgan fingerprint density at radius 3 is 3.06 bits per heavy atom. The molecule has 0 aliphatic heterocycles. The van der Waals surface area contributed by atoms with E-state index in [-0.39, 0.29) is 0 Å². The standard InChI is InChI=1S/C11H13N5O/c1-17-8-3-2-7-4-5-11(12,9(7)6-8)10-13-15-16-14-10/h2-3,6H,4-5,12H2,1H3,(H,13,14,15,16). The molecule has 88 valence electrons. The van der Waals surface area contributed by atoms with E-state index in [1.54, 1.807) is 7.11 Å². The molecule has 1 atom stereocenters. The summed E-state index contributed by atoms with van der Waals surface area (Å²) in [5.74, 6) is 1.33. The van der Waals surface area contributed by atoms with Gasteiger partial charge in [0.25, 0.3) is 0 Å². The van der Waals surface area contributed by atoms with Gasteiger partial charge in [-0.3, -0.25) is 0 Å². The summed E-state index contributed by atoms with van der Waals surface area (Å²) >= 11 is 0. The molecule has 0 spiro atoms. The average molecular weight is 231 g/mol. The van der Waals surface area contributed by atoms with Crippen LogP contribution in [0.3, 0.4) is 0 Å². The highest BCUT2D eigenvalue weighted by Gasteiger charge is 2.40. The Balaban J connectivity index is 2.14. The molecule has 1 aliphatic carbocycles. The molecule has 3 N–H and O–H groups in total. The van der Waals surface area contributed by atoms with E-state index < -0.39 is 5.54 Å². The van der Waals surface area contributed by atoms with Crippen LogP contribution in [-0.2, 0) is 12.0 Å². The molecule has 2 aromatic rings. The zero-order valence-electron chi connectivity index (χ0n) is 9.47. The number of aromatic amines is 1. The Morgan fingerprint density at radius 2 is 2.35 bits per heavy atom. The lowest BCUT2D eigenvalue weighted by molar-refractivity contribution is 0.412. The predicted octanol–water partition coefficient (Wildman–Crippen LogP) is 0.357. The first-order chi connectivity index (χ1) is 8.24. The highest BCUT2D eigenvalue weighted by molar-refractivity contribution is 5.46. The van der Waals surface area contributed by atoms with Crippen LogP contribution in [0.4, 0.5) is 0 Å². The first-order valence-corrected chi connectivity index (χ1v) is 5.44. The Bertz CT molecular complexity index is 539. The fraction of sp³-hybridized carbons (Fsp3) is 0.364. The van der Waals surface area contributed by atoms with Crippen LogP contribution < -0.4 is 10.5 Å². The highest BCUT2D eigenvalue weighted by Crippen LogP contribution is 2.39. The molecule has 1 unspecified atom stereocenters. The van der Waals surface area contributed by atoms with E-state index >= 15 is 0 Å². The van der Waals surface area contributed by atoms with E-state index in [1.807, 2.05) is 18.2 Å². The van der Waals surface area contributed by atoms with Gasteiger partial charge in [0.2, 0.25) is 0 Å². The Labute approximate surface area is 98.2 Å². The van der Waals surface area contributed by atoms with E-state index in [2.05, 4.69) is 20.6 Å². The maximum absolute atomic E-state index is 6.42. The molecule has 1 aromatic carbocycles. The van der Waals surface area contributed by atoms with Gasteiger partial charge in [-0.05, 0) is 36.1 Å². The summed E-state index contributed by atoms with van der Waals surface area (Å²) in [6, 6.07) is 5.95. The summed E-state index contributed by atoms with van der Waals surface area (Å²) in [4.78, 5) is 0. The van der Waals surface area contributed by atoms with Crippen molar-refractivity contribution in [1.82, 2.24) is 20.6 Å². The van der Waals surface area contributed by atoms with Gasteiger partial charge >= 0.3 is 0 Å². The van der Waals surface area contributed by atoms with Crippen LogP contribution in [0, 0.1) is 0 Å². The molecule has 6 heteroatoms. The van der Waals surface area contributed by atoms with Crippen LogP contribution in [0.25, 0.3) is 0 Å². The number of methoxy groups -OCH3 is 1. The van der Waals surface area contributed by atoms with Gasteiger partial charge in [0.05, 0.1) is 7.11 Å². The van der Waals surface area contributed by atoms with Crippen LogP contribution in [-0.4, -0.2) is 27.7 Å². The number of aromatic nitrogens is 4. The summed E-state index contributed by atoms with van der Waals surface area (Å²) in [5.41, 5.74) is 8.01. The molecular weight excluding hydrogens is 218 g/mol. The SMILES string of the molecule is COc1ccc2c(c1)C(N)(c1nn[nH]n1)CC2. The zero-order chi connectivity index (χ0) is 11.9. The van der Waals surface area contributed by atoms with Crippen molar-refractivity contribution in [2.24, 2.45) is 5.73 Å². The van der Waals surface area contributed by atoms with Gasteiger partial charge in [0, 0.05) is 0 Å². The summed E-state index contributed by atoms with van der Waals surface area (Å²) in [6.45, 7) is 0. The maximum Gasteiger partial charge on any atom is 0.198 e. The van der Waals surface area contributed by atoms with Gasteiger partial charge in [-0.15, -0.1) is 10.2 Å². The minimum Gasteiger partial charge on any atom is -0.497 e. The summed E-state index contributed by atoms with van der Waals surface area (Å²) in [5, 5.41) is 14.1. The van der Waals surface area contributed by atoms with Crippen molar-refractivity contribution in [3.63, 3.8) is 0 Å². The van der Waals surface area contributed by atoms with Gasteiger partial charge in [0.1, 0.15) is 11.3 Å². The number of nitrogens with one attached hydrogen (secondary N) is 1. The fourth-order valence-corrected chi connectivity index (χ4v) is 2.37. The number of rotatable bonds is 2. The zero-order valence-corrected chi connectivity index (χ0v) is 9.47. The van der Waals surface area contributed by atoms with Crippen LogP contribution in [0.2, 0.25) is 0 Å². The number of nitrogens with two attached hydrogens (primary N) is 1. The smallest absolute Gasteiger partial charge is 0.198 e. The summed E-state index contributed by atoms with van der Waals surface area (Å²) < 4.78 is 5.23. The summed E-state index contributed by atoms with van der Waals surface area (Å²) in [6.07, 6.45) is 1.71. The van der Waals surface area contributed by atoms with Gasteiger partial charge in [0.15, 0.2) is 5.82 Å². The van der Waals surface area contributed by atoms with Crippen molar-refractivity contribution in [3.05, 3.63) is 35.2 Å². The molecule has 17 heavy (non-hydrogen) atoms. The maximum atomic E-state index is 6.42. The molecule has 0 saturated carbocycles. The lowest BCUT2D eigenvalue weighted by Crippen LogP contribution is -2.36. The van der Waals surface area contributed by atoms with Gasteiger partial charge in [-0.1, -0.05) is 11.3 Å². The van der Waals surface area contributed by atoms with E-state index in [4.69, 9.17) is 10.5 Å². The number of hydrogen-bond acceptors (Lipinski definition) is 5. The predicted molar refractivity (Wildman–Crippen MR) is 60.5 cm³/mol. The molecule has 1 aromatic heterocycles. The van der Waals surface area contributed by atoms with E-state index in [0.717, 1.165) is 24.2 Å². The molecule has 6 nitrogen and oxygen atoms in total. The van der Waals surface area contributed by atoms with E-state index in [1.165, 1.54) is 5.56 Å². The van der Waals surface area contributed by atoms with Crippen LogP contribution in [0.15, 0.2) is 18.2 Å². The number of nitrogens with zero attached hydrogens (tertiary/aromatic N) is 3. The number of H-pyrrole nitrogens is 1. The van der Waals surface area contributed by atoms with E-state index in [0.29, 0.717) is 5.82 Å². The van der Waals surface area contributed by atoms with Gasteiger partial charge in [-0.25, -0.2) is 0 Å². The van der Waals surface area contributed by atoms with Crippen molar-refractivity contribution in [2.75, 3.05) is 7.11 Å². The normalized spacial score (nSPS) is 22.5. The third-order valence-electron chi connectivity index (χ3n) is 3.33. The lowest BCUT2D eigenvalue weighted by Gasteiger charge is -2.21. The Kier molecular flexibility index (Phi) is 2.12. The van der Waals surface area contributed by atoms with Gasteiger partial charge < -0.3 is 10.5 Å². The molecule has 0 bridgehead atoms. The first-order valence-electron chi connectivity index (χ1n) is 5.44. The van der Waals surface area contributed by atoms with E-state index in [9.17, 15) is 0 Å². The molecule has 1 aliphatic rings. The number of ether oxygens (including phenoxy) is 1. The minimum atomic E-state index is -0.656. The number of benzene rings is 1. The summed E-state index contributed by atoms with van der Waals surface area (Å²) in [7, 11) is 1.64. The number of tetrazole rings is 1. The molecule has 0 saturated heterocycles. The third-order valence-corrected chi connectivity index (χ3v) is 3.33. The van der Waals surface area contributed by atoms with Crippen LogP contribution >= 0.6 is 0 Å². The van der Waals surface area contributed by atoms with Crippen molar-refractivity contribution < 1.29 is 4.74 Å². The highest BCUT2D eigenvalue weighted by atomic mass is 16.5. The van der Waals surface area contributed by atoms with Crippen LogP contribution in [0.5, 0.6) is 5.75 Å². The van der Waals surface area contributed by atoms with Crippen molar-refractivity contribution >= 4 is 0 Å².